The SMILES string of the molecule is C=CC[NH+]1CC[NH+]([C@@H](c2ccc(C)cc2)c2nnnn2C2CCCCC2)CC1. The summed E-state index contributed by atoms with van der Waals surface area (Å²) in [7, 11) is 0. The molecule has 4 rings (SSSR count). The number of rotatable bonds is 6. The number of nitrogens with one attached hydrogen (secondary N) is 2. The second kappa shape index (κ2) is 8.97. The van der Waals surface area contributed by atoms with Gasteiger partial charge in [-0.1, -0.05) is 55.7 Å². The summed E-state index contributed by atoms with van der Waals surface area (Å²) in [5, 5.41) is 13.2. The molecule has 1 aliphatic heterocycles. The van der Waals surface area contributed by atoms with Crippen molar-refractivity contribution < 1.29 is 9.80 Å². The molecule has 2 N–H and O–H groups in total. The Balaban J connectivity index is 1.64. The average molecular weight is 383 g/mol. The third kappa shape index (κ3) is 4.18. The first-order valence-electron chi connectivity index (χ1n) is 10.9. The molecule has 0 bridgehead atoms. The molecule has 1 aromatic carbocycles. The molecule has 150 valence electrons. The third-order valence-corrected chi connectivity index (χ3v) is 6.55. The molecule has 0 spiro atoms. The Morgan fingerprint density at radius 1 is 1.11 bits per heavy atom. The molecule has 6 nitrogen and oxygen atoms in total. The molecule has 1 atom stereocenters. The standard InChI is InChI=1S/C22H32N6/c1-3-13-26-14-16-27(17-15-26)21(19-11-9-18(2)10-12-19)22-23-24-25-28(22)20-7-5-4-6-8-20/h3,9-12,20-21H,1,4-8,13-17H2,2H3/p+2/t21-/m0/s1. The first-order chi connectivity index (χ1) is 13.8. The Labute approximate surface area is 168 Å². The van der Waals surface area contributed by atoms with E-state index >= 15 is 0 Å². The summed E-state index contributed by atoms with van der Waals surface area (Å²) in [4.78, 5) is 3.22. The average Bonchev–Trinajstić information content (AvgIpc) is 3.21. The highest BCUT2D eigenvalue weighted by atomic mass is 15.6. The highest BCUT2D eigenvalue weighted by molar-refractivity contribution is 5.26. The van der Waals surface area contributed by atoms with E-state index in [9.17, 15) is 0 Å². The van der Waals surface area contributed by atoms with Crippen molar-refractivity contribution in [2.45, 2.75) is 51.1 Å². The lowest BCUT2D eigenvalue weighted by atomic mass is 9.95. The lowest BCUT2D eigenvalue weighted by Gasteiger charge is -2.34. The third-order valence-electron chi connectivity index (χ3n) is 6.55. The lowest BCUT2D eigenvalue weighted by molar-refractivity contribution is -1.02. The second-order valence-corrected chi connectivity index (χ2v) is 8.52. The summed E-state index contributed by atoms with van der Waals surface area (Å²) >= 11 is 0. The number of tetrazole rings is 1. The number of hydrogen-bond acceptors (Lipinski definition) is 3. The van der Waals surface area contributed by atoms with Crippen LogP contribution in [0.5, 0.6) is 0 Å². The van der Waals surface area contributed by atoms with Crippen LogP contribution in [0.3, 0.4) is 0 Å². The summed E-state index contributed by atoms with van der Waals surface area (Å²) in [6.45, 7) is 11.7. The van der Waals surface area contributed by atoms with Gasteiger partial charge in [-0.2, -0.15) is 0 Å². The van der Waals surface area contributed by atoms with Crippen molar-refractivity contribution in [3.8, 4) is 0 Å². The van der Waals surface area contributed by atoms with Gasteiger partial charge in [-0.05, 0) is 36.3 Å². The Bertz CT molecular complexity index is 754. The van der Waals surface area contributed by atoms with Gasteiger partial charge < -0.3 is 9.80 Å². The zero-order valence-corrected chi connectivity index (χ0v) is 17.1. The van der Waals surface area contributed by atoms with E-state index in [1.807, 2.05) is 6.08 Å². The molecule has 1 aliphatic carbocycles. The number of hydrogen-bond donors (Lipinski definition) is 2. The molecule has 2 aromatic rings. The van der Waals surface area contributed by atoms with Gasteiger partial charge in [-0.25, -0.2) is 4.68 Å². The van der Waals surface area contributed by atoms with Gasteiger partial charge in [0, 0.05) is 5.56 Å². The van der Waals surface area contributed by atoms with Gasteiger partial charge in [0.05, 0.1) is 12.6 Å². The summed E-state index contributed by atoms with van der Waals surface area (Å²) in [5.74, 6) is 1.05. The molecule has 2 heterocycles. The van der Waals surface area contributed by atoms with Crippen LogP contribution in [-0.2, 0) is 0 Å². The maximum Gasteiger partial charge on any atom is 0.214 e. The van der Waals surface area contributed by atoms with Crippen LogP contribution in [0.15, 0.2) is 36.9 Å². The van der Waals surface area contributed by atoms with E-state index in [0.29, 0.717) is 6.04 Å². The molecular formula is C22H34N6+2. The summed E-state index contributed by atoms with van der Waals surface area (Å²) < 4.78 is 2.17. The topological polar surface area (TPSA) is 52.5 Å². The molecule has 2 aliphatic rings. The predicted octanol–water partition coefficient (Wildman–Crippen LogP) is 0.546. The van der Waals surface area contributed by atoms with Crippen molar-refractivity contribution in [3.63, 3.8) is 0 Å². The summed E-state index contributed by atoms with van der Waals surface area (Å²) in [6, 6.07) is 9.65. The van der Waals surface area contributed by atoms with Crippen molar-refractivity contribution in [1.29, 1.82) is 0 Å². The van der Waals surface area contributed by atoms with Gasteiger partial charge >= 0.3 is 0 Å². The van der Waals surface area contributed by atoms with E-state index < -0.39 is 0 Å². The van der Waals surface area contributed by atoms with Crippen LogP contribution in [0.1, 0.15) is 61.1 Å². The Kier molecular flexibility index (Phi) is 6.17. The molecule has 0 radical (unpaired) electrons. The highest BCUT2D eigenvalue weighted by Crippen LogP contribution is 2.30. The zero-order valence-electron chi connectivity index (χ0n) is 17.1. The van der Waals surface area contributed by atoms with Crippen molar-refractivity contribution in [2.75, 3.05) is 32.7 Å². The second-order valence-electron chi connectivity index (χ2n) is 8.52. The van der Waals surface area contributed by atoms with Crippen molar-refractivity contribution >= 4 is 0 Å². The molecule has 0 amide bonds. The van der Waals surface area contributed by atoms with Gasteiger partial charge in [-0.15, -0.1) is 5.10 Å². The predicted molar refractivity (Wildman–Crippen MR) is 109 cm³/mol. The lowest BCUT2D eigenvalue weighted by Crippen LogP contribution is -3.28. The maximum atomic E-state index is 4.58. The fourth-order valence-electron chi connectivity index (χ4n) is 4.92. The number of aromatic nitrogens is 4. The van der Waals surface area contributed by atoms with Crippen LogP contribution in [0.4, 0.5) is 0 Å². The quantitative estimate of drug-likeness (QED) is 0.718. The normalized spacial score (nSPS) is 24.8. The first-order valence-corrected chi connectivity index (χ1v) is 10.9. The molecule has 1 aromatic heterocycles. The van der Waals surface area contributed by atoms with E-state index in [1.54, 1.807) is 9.80 Å². The minimum Gasteiger partial charge on any atom is -0.322 e. The van der Waals surface area contributed by atoms with Crippen LogP contribution < -0.4 is 9.80 Å². The number of quaternary nitrogens is 2. The van der Waals surface area contributed by atoms with E-state index in [-0.39, 0.29) is 6.04 Å². The molecular weight excluding hydrogens is 348 g/mol. The zero-order chi connectivity index (χ0) is 19.3. The maximum absolute atomic E-state index is 4.58. The van der Waals surface area contributed by atoms with Gasteiger partial charge in [0.15, 0.2) is 6.04 Å². The van der Waals surface area contributed by atoms with E-state index in [4.69, 9.17) is 0 Å². The van der Waals surface area contributed by atoms with Crippen LogP contribution in [0.25, 0.3) is 0 Å². The Hall–Kier alpha value is -2.05. The number of aryl methyl sites for hydroxylation is 1. The minimum absolute atomic E-state index is 0.211. The molecule has 1 saturated heterocycles. The summed E-state index contributed by atoms with van der Waals surface area (Å²) in [6.07, 6.45) is 8.36. The van der Waals surface area contributed by atoms with Gasteiger partial charge in [-0.3, -0.25) is 0 Å². The van der Waals surface area contributed by atoms with Crippen molar-refractivity contribution in [2.24, 2.45) is 0 Å². The fraction of sp³-hybridized carbons (Fsp3) is 0.591. The van der Waals surface area contributed by atoms with Gasteiger partial charge in [0.2, 0.25) is 5.82 Å². The fourth-order valence-corrected chi connectivity index (χ4v) is 4.92. The largest absolute Gasteiger partial charge is 0.322 e. The Morgan fingerprint density at radius 3 is 2.50 bits per heavy atom. The molecule has 0 unspecified atom stereocenters. The van der Waals surface area contributed by atoms with Crippen LogP contribution in [0, 0.1) is 6.92 Å². The minimum atomic E-state index is 0.211. The number of nitrogens with zero attached hydrogens (tertiary/aromatic N) is 4. The number of benzene rings is 1. The van der Waals surface area contributed by atoms with Gasteiger partial charge in [0.25, 0.3) is 0 Å². The van der Waals surface area contributed by atoms with E-state index in [1.165, 1.54) is 56.3 Å². The summed E-state index contributed by atoms with van der Waals surface area (Å²) in [5.41, 5.74) is 2.63. The smallest absolute Gasteiger partial charge is 0.214 e. The molecule has 2 fully saturated rings. The van der Waals surface area contributed by atoms with Crippen LogP contribution in [0.2, 0.25) is 0 Å². The first kappa shape index (κ1) is 19.3. The monoisotopic (exact) mass is 382 g/mol. The highest BCUT2D eigenvalue weighted by Gasteiger charge is 2.36. The van der Waals surface area contributed by atoms with E-state index in [0.717, 1.165) is 25.5 Å². The molecule has 6 heteroatoms. The Morgan fingerprint density at radius 2 is 1.82 bits per heavy atom. The van der Waals surface area contributed by atoms with E-state index in [2.05, 4.69) is 58.0 Å². The molecule has 1 saturated carbocycles. The van der Waals surface area contributed by atoms with Crippen molar-refractivity contribution in [1.82, 2.24) is 20.2 Å². The van der Waals surface area contributed by atoms with Gasteiger partial charge in [0.1, 0.15) is 26.2 Å². The van der Waals surface area contributed by atoms with Crippen LogP contribution in [-0.4, -0.2) is 52.9 Å². The number of piperazine rings is 1. The van der Waals surface area contributed by atoms with Crippen molar-refractivity contribution in [3.05, 3.63) is 53.9 Å². The van der Waals surface area contributed by atoms with Crippen LogP contribution >= 0.6 is 0 Å². The molecule has 28 heavy (non-hydrogen) atoms.